The Labute approximate surface area is 197 Å². The Hall–Kier alpha value is -2.96. The molecule has 1 saturated heterocycles. The molecule has 0 bridgehead atoms. The molecule has 1 aliphatic rings. The Morgan fingerprint density at radius 2 is 1.82 bits per heavy atom. The van der Waals surface area contributed by atoms with Gasteiger partial charge in [0.25, 0.3) is 5.91 Å². The van der Waals surface area contributed by atoms with Crippen molar-refractivity contribution < 1.29 is 14.4 Å². The fraction of sp³-hybridized carbons (Fsp3) is 0.167. The van der Waals surface area contributed by atoms with Crippen molar-refractivity contribution in [2.75, 3.05) is 31.4 Å². The smallest absolute Gasteiger partial charge is 0.272 e. The molecule has 3 heterocycles. The van der Waals surface area contributed by atoms with Crippen LogP contribution in [0, 0.1) is 0 Å². The Morgan fingerprint density at radius 3 is 2.61 bits per heavy atom. The number of aromatic nitrogens is 2. The van der Waals surface area contributed by atoms with Crippen molar-refractivity contribution >= 4 is 42.4 Å². The normalized spacial score (nSPS) is 14.9. The molecule has 5 rings (SSSR count). The number of anilines is 1. The predicted molar refractivity (Wildman–Crippen MR) is 131 cm³/mol. The summed E-state index contributed by atoms with van der Waals surface area (Å²) in [5.41, 5.74) is 3.66. The average Bonchev–Trinajstić information content (AvgIpc) is 3.29. The van der Waals surface area contributed by atoms with Crippen molar-refractivity contribution in [2.45, 2.75) is 0 Å². The lowest BCUT2D eigenvalue weighted by Gasteiger charge is -2.26. The van der Waals surface area contributed by atoms with Crippen molar-refractivity contribution in [3.63, 3.8) is 0 Å². The molecule has 1 amide bonds. The van der Waals surface area contributed by atoms with Crippen molar-refractivity contribution in [2.24, 2.45) is 0 Å². The molecule has 2 aromatic heterocycles. The summed E-state index contributed by atoms with van der Waals surface area (Å²) in [4.78, 5) is 29.8. The number of carbonyl (C=O) groups is 1. The predicted octanol–water partition coefficient (Wildman–Crippen LogP) is 4.17. The zero-order chi connectivity index (χ0) is 22.8. The van der Waals surface area contributed by atoms with Gasteiger partial charge in [-0.2, -0.15) is 0 Å². The van der Waals surface area contributed by atoms with Gasteiger partial charge in [0.1, 0.15) is 11.3 Å². The largest absolute Gasteiger partial charge is 0.378 e. The number of pyridine rings is 1. The molecular weight excluding hydrogens is 459 g/mol. The number of benzene rings is 2. The number of hydrogen-bond donors (Lipinski definition) is 2. The Bertz CT molecular complexity index is 1290. The highest BCUT2D eigenvalue weighted by atomic mass is 35.5. The van der Waals surface area contributed by atoms with Gasteiger partial charge in [-0.3, -0.25) is 9.20 Å². The van der Waals surface area contributed by atoms with Crippen LogP contribution in [0.2, 0.25) is 5.02 Å². The number of imidazole rings is 1. The minimum Gasteiger partial charge on any atom is -0.378 e. The molecule has 7 nitrogen and oxygen atoms in total. The lowest BCUT2D eigenvalue weighted by Crippen LogP contribution is -2.41. The summed E-state index contributed by atoms with van der Waals surface area (Å²) in [5.74, 6) is -0.0600. The summed E-state index contributed by atoms with van der Waals surface area (Å²) in [7, 11) is -1.60. The summed E-state index contributed by atoms with van der Waals surface area (Å²) >= 11 is 6.41. The molecule has 168 valence electrons. The van der Waals surface area contributed by atoms with Crippen LogP contribution in [0.1, 0.15) is 10.5 Å². The van der Waals surface area contributed by atoms with E-state index < -0.39 is 8.30 Å². The van der Waals surface area contributed by atoms with Gasteiger partial charge in [0.2, 0.25) is 0 Å². The Kier molecular flexibility index (Phi) is 6.29. The van der Waals surface area contributed by atoms with Gasteiger partial charge in [-0.05, 0) is 35.4 Å². The molecule has 0 spiro atoms. The standard InChI is InChI=1S/C24H22ClN4O3P/c25-20-8-6-17(14-21(20)27-33(31)19-4-2-1-3-5-19)18-7-9-23-26-15-22(29(23)16-18)24(30)28-10-12-32-13-11-28/h1-9,14-16,27,31H,10-13H2. The number of amides is 1. The minimum absolute atomic E-state index is 0.0600. The maximum Gasteiger partial charge on any atom is 0.272 e. The highest BCUT2D eigenvalue weighted by Gasteiger charge is 2.22. The number of ether oxygens (including phenoxy) is 1. The quantitative estimate of drug-likeness (QED) is 0.419. The van der Waals surface area contributed by atoms with Gasteiger partial charge in [0.15, 0.2) is 8.30 Å². The average molecular weight is 481 g/mol. The van der Waals surface area contributed by atoms with E-state index in [4.69, 9.17) is 16.3 Å². The fourth-order valence-electron chi connectivity index (χ4n) is 3.78. The molecule has 1 aliphatic heterocycles. The summed E-state index contributed by atoms with van der Waals surface area (Å²) in [6.07, 6.45) is 3.52. The molecule has 0 aliphatic carbocycles. The van der Waals surface area contributed by atoms with E-state index in [-0.39, 0.29) is 5.91 Å². The number of fused-ring (bicyclic) bond motifs is 1. The highest BCUT2D eigenvalue weighted by molar-refractivity contribution is 7.61. The third-order valence-corrected chi connectivity index (χ3v) is 7.12. The highest BCUT2D eigenvalue weighted by Crippen LogP contribution is 2.36. The number of carbonyl (C=O) groups excluding carboxylic acids is 1. The van der Waals surface area contributed by atoms with Crippen LogP contribution >= 0.6 is 19.9 Å². The van der Waals surface area contributed by atoms with Gasteiger partial charge >= 0.3 is 0 Å². The third-order valence-electron chi connectivity index (χ3n) is 5.55. The van der Waals surface area contributed by atoms with Crippen LogP contribution in [-0.4, -0.2) is 51.4 Å². The van der Waals surface area contributed by atoms with E-state index in [1.54, 1.807) is 17.2 Å². The number of halogens is 1. The van der Waals surface area contributed by atoms with Crippen LogP contribution < -0.4 is 10.4 Å². The van der Waals surface area contributed by atoms with Crippen LogP contribution in [0.5, 0.6) is 0 Å². The van der Waals surface area contributed by atoms with Crippen LogP contribution in [0.3, 0.4) is 0 Å². The zero-order valence-corrected chi connectivity index (χ0v) is 19.3. The van der Waals surface area contributed by atoms with Gasteiger partial charge in [0.05, 0.1) is 30.1 Å². The monoisotopic (exact) mass is 480 g/mol. The van der Waals surface area contributed by atoms with Crippen LogP contribution in [0.25, 0.3) is 16.8 Å². The topological polar surface area (TPSA) is 79.1 Å². The van der Waals surface area contributed by atoms with Crippen LogP contribution in [0.4, 0.5) is 5.69 Å². The number of rotatable bonds is 5. The Morgan fingerprint density at radius 1 is 1.06 bits per heavy atom. The molecule has 1 fully saturated rings. The van der Waals surface area contributed by atoms with Crippen molar-refractivity contribution in [3.8, 4) is 11.1 Å². The van der Waals surface area contributed by atoms with Crippen molar-refractivity contribution in [1.82, 2.24) is 14.3 Å². The summed E-state index contributed by atoms with van der Waals surface area (Å²) in [6.45, 7) is 2.24. The van der Waals surface area contributed by atoms with Crippen molar-refractivity contribution in [3.05, 3.63) is 83.8 Å². The molecule has 0 saturated carbocycles. The van der Waals surface area contributed by atoms with E-state index in [9.17, 15) is 9.69 Å². The number of nitrogens with zero attached hydrogens (tertiary/aromatic N) is 3. The zero-order valence-electron chi connectivity index (χ0n) is 17.7. The molecule has 4 aromatic rings. The van der Waals surface area contributed by atoms with Gasteiger partial charge in [-0.25, -0.2) is 4.98 Å². The first kappa shape index (κ1) is 21.9. The first-order valence-corrected chi connectivity index (χ1v) is 12.2. The molecule has 9 heteroatoms. The van der Waals surface area contributed by atoms with E-state index >= 15 is 0 Å². The third kappa shape index (κ3) is 4.59. The first-order valence-electron chi connectivity index (χ1n) is 10.5. The van der Waals surface area contributed by atoms with Gasteiger partial charge < -0.3 is 19.6 Å². The minimum atomic E-state index is -1.60. The lowest BCUT2D eigenvalue weighted by molar-refractivity contribution is 0.0298. The summed E-state index contributed by atoms with van der Waals surface area (Å²) in [6, 6.07) is 18.9. The summed E-state index contributed by atoms with van der Waals surface area (Å²) < 4.78 is 7.18. The van der Waals surface area contributed by atoms with Crippen molar-refractivity contribution in [1.29, 1.82) is 0 Å². The SMILES string of the molecule is O=C(c1cnc2ccc(-c3ccc(Cl)c(NP(O)c4ccccc4)c3)cn12)N1CCOCC1. The van der Waals surface area contributed by atoms with Crippen LogP contribution in [0.15, 0.2) is 73.1 Å². The second-order valence-corrected chi connectivity index (χ2v) is 9.42. The summed E-state index contributed by atoms with van der Waals surface area (Å²) in [5, 5.41) is 4.46. The van der Waals surface area contributed by atoms with E-state index in [2.05, 4.69) is 10.1 Å². The van der Waals surface area contributed by atoms with Gasteiger partial charge in [0, 0.05) is 24.6 Å². The molecular formula is C24H22ClN4O3P. The van der Waals surface area contributed by atoms with E-state index in [0.29, 0.717) is 48.4 Å². The van der Waals surface area contributed by atoms with E-state index in [1.165, 1.54) is 0 Å². The van der Waals surface area contributed by atoms with Gasteiger partial charge in [-0.1, -0.05) is 48.0 Å². The maximum atomic E-state index is 13.0. The number of hydrogen-bond acceptors (Lipinski definition) is 5. The van der Waals surface area contributed by atoms with Crippen LogP contribution in [-0.2, 0) is 4.74 Å². The number of nitrogens with one attached hydrogen (secondary N) is 1. The molecule has 2 N–H and O–H groups in total. The molecule has 33 heavy (non-hydrogen) atoms. The second-order valence-electron chi connectivity index (χ2n) is 7.65. The fourth-order valence-corrected chi connectivity index (χ4v) is 5.00. The molecule has 0 radical (unpaired) electrons. The lowest BCUT2D eigenvalue weighted by atomic mass is 10.1. The molecule has 1 unspecified atom stereocenters. The number of morpholine rings is 1. The van der Waals surface area contributed by atoms with Gasteiger partial charge in [-0.15, -0.1) is 0 Å². The first-order chi connectivity index (χ1) is 16.1. The van der Waals surface area contributed by atoms with E-state index in [0.717, 1.165) is 16.4 Å². The molecule has 2 aromatic carbocycles. The van der Waals surface area contributed by atoms with E-state index in [1.807, 2.05) is 65.2 Å². The molecule has 1 atom stereocenters. The second kappa shape index (κ2) is 9.49. The Balaban J connectivity index is 1.45. The maximum absolute atomic E-state index is 13.0.